The Labute approximate surface area is 117 Å². The maximum absolute atomic E-state index is 12.0. The van der Waals surface area contributed by atoms with E-state index in [1.807, 2.05) is 12.1 Å². The molecule has 1 atom stereocenters. The number of benzene rings is 2. The van der Waals surface area contributed by atoms with Gasteiger partial charge in [0, 0.05) is 12.0 Å². The van der Waals surface area contributed by atoms with Crippen molar-refractivity contribution in [3.05, 3.63) is 53.1 Å². The van der Waals surface area contributed by atoms with E-state index >= 15 is 0 Å². The third-order valence-corrected chi connectivity index (χ3v) is 4.51. The highest BCUT2D eigenvalue weighted by Gasteiger charge is 2.34. The normalized spacial score (nSPS) is 20.8. The van der Waals surface area contributed by atoms with Crippen LogP contribution in [0.1, 0.15) is 36.3 Å². The molecule has 96 valence electrons. The molecule has 0 saturated heterocycles. The van der Waals surface area contributed by atoms with Crippen LogP contribution >= 0.6 is 0 Å². The molecule has 0 spiro atoms. The number of nitrogens with zero attached hydrogens (tertiary/aromatic N) is 1. The summed E-state index contributed by atoms with van der Waals surface area (Å²) in [6.07, 6.45) is 2.03. The fourth-order valence-electron chi connectivity index (χ4n) is 3.59. The summed E-state index contributed by atoms with van der Waals surface area (Å²) >= 11 is 0. The summed E-state index contributed by atoms with van der Waals surface area (Å²) < 4.78 is 0. The number of Topliss-reactive ketones (excluding diaryl/α,β-unsaturated/α-hetero) is 1. The maximum Gasteiger partial charge on any atom is 0.159 e. The van der Waals surface area contributed by atoms with Crippen molar-refractivity contribution < 1.29 is 4.79 Å². The summed E-state index contributed by atoms with van der Waals surface area (Å²) in [4.78, 5) is 12.0. The highest BCUT2D eigenvalue weighted by atomic mass is 16.1. The first-order chi connectivity index (χ1) is 9.79. The number of nitriles is 1. The maximum atomic E-state index is 12.0. The average Bonchev–Trinajstić information content (AvgIpc) is 2.87. The SMILES string of the molecule is N#CC1CC2=C(CCC2=O)c2ccc3ccccc3c21. The van der Waals surface area contributed by atoms with E-state index in [9.17, 15) is 10.1 Å². The van der Waals surface area contributed by atoms with E-state index in [1.165, 1.54) is 11.0 Å². The first-order valence-electron chi connectivity index (χ1n) is 6.96. The van der Waals surface area contributed by atoms with Gasteiger partial charge in [-0.25, -0.2) is 0 Å². The van der Waals surface area contributed by atoms with Crippen LogP contribution in [0.3, 0.4) is 0 Å². The van der Waals surface area contributed by atoms with Gasteiger partial charge in [-0.2, -0.15) is 5.26 Å². The number of hydrogen-bond acceptors (Lipinski definition) is 2. The summed E-state index contributed by atoms with van der Waals surface area (Å²) in [5.41, 5.74) is 4.34. The standard InChI is InChI=1S/C18H13NO/c19-10-12-9-16-14(7-8-17(16)20)15-6-5-11-3-1-2-4-13(11)18(12)15/h1-6,12H,7-9H2. The third kappa shape index (κ3) is 1.41. The van der Waals surface area contributed by atoms with Crippen molar-refractivity contribution in [1.29, 1.82) is 5.26 Å². The number of allylic oxidation sites excluding steroid dienone is 2. The molecule has 0 fully saturated rings. The number of carbonyl (C=O) groups is 1. The minimum absolute atomic E-state index is 0.197. The van der Waals surface area contributed by atoms with Crippen LogP contribution in [0.5, 0.6) is 0 Å². The molecule has 0 N–H and O–H groups in total. The molecular formula is C18H13NO. The van der Waals surface area contributed by atoms with E-state index in [0.29, 0.717) is 12.8 Å². The molecule has 2 nitrogen and oxygen atoms in total. The fraction of sp³-hybridized carbons (Fsp3) is 0.222. The highest BCUT2D eigenvalue weighted by molar-refractivity contribution is 6.09. The number of ketones is 1. The molecule has 2 aliphatic carbocycles. The second-order valence-corrected chi connectivity index (χ2v) is 5.51. The summed E-state index contributed by atoms with van der Waals surface area (Å²) in [6, 6.07) is 14.8. The summed E-state index contributed by atoms with van der Waals surface area (Å²) in [6.45, 7) is 0. The van der Waals surface area contributed by atoms with Gasteiger partial charge in [0.15, 0.2) is 5.78 Å². The van der Waals surface area contributed by atoms with Crippen LogP contribution in [0.15, 0.2) is 42.0 Å². The van der Waals surface area contributed by atoms with E-state index in [1.54, 1.807) is 0 Å². The van der Waals surface area contributed by atoms with Crippen molar-refractivity contribution in [1.82, 2.24) is 0 Å². The summed E-state index contributed by atoms with van der Waals surface area (Å²) in [7, 11) is 0. The molecule has 0 amide bonds. The molecule has 2 aromatic rings. The lowest BCUT2D eigenvalue weighted by Crippen LogP contribution is -2.11. The van der Waals surface area contributed by atoms with Crippen molar-refractivity contribution >= 4 is 22.1 Å². The molecule has 2 heteroatoms. The summed E-state index contributed by atoms with van der Waals surface area (Å²) in [5.74, 6) is 0.0379. The minimum atomic E-state index is -0.197. The van der Waals surface area contributed by atoms with Crippen LogP contribution in [0.25, 0.3) is 16.3 Å². The minimum Gasteiger partial charge on any atom is -0.295 e. The lowest BCUT2D eigenvalue weighted by atomic mass is 9.78. The van der Waals surface area contributed by atoms with Gasteiger partial charge in [0.25, 0.3) is 0 Å². The lowest BCUT2D eigenvalue weighted by molar-refractivity contribution is -0.115. The van der Waals surface area contributed by atoms with Gasteiger partial charge in [0.05, 0.1) is 12.0 Å². The van der Waals surface area contributed by atoms with Crippen LogP contribution in [0.4, 0.5) is 0 Å². The van der Waals surface area contributed by atoms with Crippen LogP contribution in [0, 0.1) is 11.3 Å². The Kier molecular flexibility index (Phi) is 2.31. The molecule has 0 saturated carbocycles. The Morgan fingerprint density at radius 3 is 2.75 bits per heavy atom. The van der Waals surface area contributed by atoms with Gasteiger partial charge in [0.1, 0.15) is 0 Å². The molecule has 20 heavy (non-hydrogen) atoms. The van der Waals surface area contributed by atoms with Gasteiger partial charge in [0.2, 0.25) is 0 Å². The van der Waals surface area contributed by atoms with Crippen LogP contribution in [-0.2, 0) is 4.79 Å². The van der Waals surface area contributed by atoms with Gasteiger partial charge in [-0.15, -0.1) is 0 Å². The first kappa shape index (κ1) is 11.4. The van der Waals surface area contributed by atoms with Crippen LogP contribution in [0.2, 0.25) is 0 Å². The number of rotatable bonds is 0. The predicted molar refractivity (Wildman–Crippen MR) is 78.1 cm³/mol. The Morgan fingerprint density at radius 1 is 1.05 bits per heavy atom. The second kappa shape index (κ2) is 4.05. The first-order valence-corrected chi connectivity index (χ1v) is 6.96. The Hall–Kier alpha value is -2.40. The van der Waals surface area contributed by atoms with Crippen molar-refractivity contribution in [3.8, 4) is 6.07 Å². The van der Waals surface area contributed by atoms with Crippen molar-refractivity contribution in [2.45, 2.75) is 25.2 Å². The zero-order valence-corrected chi connectivity index (χ0v) is 11.0. The van der Waals surface area contributed by atoms with E-state index in [2.05, 4.69) is 30.3 Å². The highest BCUT2D eigenvalue weighted by Crippen LogP contribution is 2.46. The lowest BCUT2D eigenvalue weighted by Gasteiger charge is -2.24. The van der Waals surface area contributed by atoms with Crippen molar-refractivity contribution in [2.75, 3.05) is 0 Å². The Morgan fingerprint density at radius 2 is 1.90 bits per heavy atom. The van der Waals surface area contributed by atoms with Crippen molar-refractivity contribution in [3.63, 3.8) is 0 Å². The van der Waals surface area contributed by atoms with Gasteiger partial charge in [-0.05, 0) is 40.3 Å². The topological polar surface area (TPSA) is 40.9 Å². The van der Waals surface area contributed by atoms with E-state index in [4.69, 9.17) is 0 Å². The molecule has 0 heterocycles. The number of hydrogen-bond donors (Lipinski definition) is 0. The zero-order valence-electron chi connectivity index (χ0n) is 11.0. The molecule has 0 bridgehead atoms. The van der Waals surface area contributed by atoms with Gasteiger partial charge in [-0.3, -0.25) is 4.79 Å². The van der Waals surface area contributed by atoms with Crippen LogP contribution < -0.4 is 0 Å². The molecule has 2 aliphatic rings. The average molecular weight is 259 g/mol. The molecule has 0 radical (unpaired) electrons. The van der Waals surface area contributed by atoms with E-state index in [-0.39, 0.29) is 11.7 Å². The summed E-state index contributed by atoms with van der Waals surface area (Å²) in [5, 5.41) is 11.8. The predicted octanol–water partition coefficient (Wildman–Crippen LogP) is 3.97. The monoisotopic (exact) mass is 259 g/mol. The van der Waals surface area contributed by atoms with Gasteiger partial charge in [-0.1, -0.05) is 36.4 Å². The van der Waals surface area contributed by atoms with Gasteiger partial charge < -0.3 is 0 Å². The Balaban J connectivity index is 2.09. The van der Waals surface area contributed by atoms with Crippen molar-refractivity contribution in [2.24, 2.45) is 0 Å². The van der Waals surface area contributed by atoms with Gasteiger partial charge >= 0.3 is 0 Å². The third-order valence-electron chi connectivity index (χ3n) is 4.51. The largest absolute Gasteiger partial charge is 0.295 e. The van der Waals surface area contributed by atoms with E-state index < -0.39 is 0 Å². The second-order valence-electron chi connectivity index (χ2n) is 5.51. The molecule has 2 aromatic carbocycles. The molecule has 0 aliphatic heterocycles. The number of carbonyl (C=O) groups excluding carboxylic acids is 1. The zero-order chi connectivity index (χ0) is 13.7. The quantitative estimate of drug-likeness (QED) is 0.718. The molecule has 1 unspecified atom stereocenters. The Bertz CT molecular complexity index is 823. The van der Waals surface area contributed by atoms with Crippen LogP contribution in [-0.4, -0.2) is 5.78 Å². The smallest absolute Gasteiger partial charge is 0.159 e. The molecule has 4 rings (SSSR count). The number of fused-ring (bicyclic) bond motifs is 4. The molecular weight excluding hydrogens is 246 g/mol. The van der Waals surface area contributed by atoms with E-state index in [0.717, 1.165) is 28.5 Å². The molecule has 0 aromatic heterocycles. The fourth-order valence-corrected chi connectivity index (χ4v) is 3.59.